The second kappa shape index (κ2) is 15.6. The molecule has 1 saturated heterocycles. The molecule has 2 aliphatic heterocycles. The molecule has 0 aromatic rings. The van der Waals surface area contributed by atoms with Crippen molar-refractivity contribution < 1.29 is 43.2 Å². The van der Waals surface area contributed by atoms with Crippen LogP contribution in [-0.4, -0.2) is 66.4 Å². The number of ether oxygens (including phenoxy) is 4. The van der Waals surface area contributed by atoms with E-state index in [2.05, 4.69) is 6.58 Å². The molecule has 4 unspecified atom stereocenters. The van der Waals surface area contributed by atoms with Crippen molar-refractivity contribution in [1.82, 2.24) is 0 Å². The van der Waals surface area contributed by atoms with Crippen LogP contribution in [-0.2, 0) is 38.1 Å². The number of esters is 3. The normalized spacial score (nSPS) is 23.8. The molecule has 0 saturated carbocycles. The van der Waals surface area contributed by atoms with E-state index < -0.39 is 36.2 Å². The monoisotopic (exact) mass is 552 g/mol. The maximum absolute atomic E-state index is 12.7. The quantitative estimate of drug-likeness (QED) is 0.195. The predicted molar refractivity (Wildman–Crippen MR) is 140 cm³/mol. The molecular formula is C28H37ClO9. The molecule has 2 aliphatic rings. The first-order chi connectivity index (χ1) is 17.9. The van der Waals surface area contributed by atoms with Crippen LogP contribution in [0.2, 0.25) is 0 Å². The molecule has 0 amide bonds. The minimum atomic E-state index is -1.14. The largest absolute Gasteiger partial charge is 0.461 e. The van der Waals surface area contributed by atoms with Gasteiger partial charge in [-0.05, 0) is 45.1 Å². The topological polar surface area (TPSA) is 125 Å². The van der Waals surface area contributed by atoms with Gasteiger partial charge >= 0.3 is 17.9 Å². The summed E-state index contributed by atoms with van der Waals surface area (Å²) in [6.45, 7) is 7.76. The molecule has 210 valence electrons. The molecule has 2 heterocycles. The van der Waals surface area contributed by atoms with Crippen LogP contribution in [0, 0.1) is 0 Å². The van der Waals surface area contributed by atoms with Crippen molar-refractivity contribution >= 4 is 35.3 Å². The molecule has 0 aromatic carbocycles. The Kier molecular flexibility index (Phi) is 12.9. The van der Waals surface area contributed by atoms with Gasteiger partial charge in [-0.2, -0.15) is 0 Å². The molecular weight excluding hydrogens is 516 g/mol. The fraction of sp³-hybridized carbons (Fsp3) is 0.571. The van der Waals surface area contributed by atoms with Crippen molar-refractivity contribution in [2.24, 2.45) is 0 Å². The number of ketones is 1. The molecule has 10 heteroatoms. The van der Waals surface area contributed by atoms with Crippen LogP contribution < -0.4 is 0 Å². The summed E-state index contributed by atoms with van der Waals surface area (Å²) in [7, 11) is 0. The van der Waals surface area contributed by atoms with E-state index >= 15 is 0 Å². The van der Waals surface area contributed by atoms with Crippen LogP contribution >= 0.6 is 11.6 Å². The van der Waals surface area contributed by atoms with Crippen LogP contribution in [0.1, 0.15) is 65.7 Å². The number of carbonyl (C=O) groups excluding carboxylic acids is 4. The molecule has 4 atom stereocenters. The number of carbonyl (C=O) groups is 4. The van der Waals surface area contributed by atoms with Gasteiger partial charge in [-0.1, -0.05) is 42.0 Å². The molecule has 9 nitrogen and oxygen atoms in total. The van der Waals surface area contributed by atoms with E-state index in [-0.39, 0.29) is 43.5 Å². The van der Waals surface area contributed by atoms with E-state index in [1.165, 1.54) is 19.9 Å². The lowest BCUT2D eigenvalue weighted by molar-refractivity contribution is -0.154. The van der Waals surface area contributed by atoms with Crippen molar-refractivity contribution in [3.63, 3.8) is 0 Å². The van der Waals surface area contributed by atoms with Gasteiger partial charge in [0.1, 0.15) is 31.5 Å². The van der Waals surface area contributed by atoms with E-state index in [4.69, 9.17) is 30.5 Å². The average molecular weight is 553 g/mol. The second-order valence-corrected chi connectivity index (χ2v) is 10.0. The summed E-state index contributed by atoms with van der Waals surface area (Å²) in [6, 6.07) is 0. The Bertz CT molecular complexity index is 994. The molecule has 2 rings (SSSR count). The van der Waals surface area contributed by atoms with E-state index in [1.54, 1.807) is 6.92 Å². The average Bonchev–Trinajstić information content (AvgIpc) is 3.24. The first-order valence-electron chi connectivity index (χ1n) is 12.6. The number of fused-ring (bicyclic) bond motifs is 2. The highest BCUT2D eigenvalue weighted by atomic mass is 35.5. The summed E-state index contributed by atoms with van der Waals surface area (Å²) in [5.41, 5.74) is 1.50. The van der Waals surface area contributed by atoms with E-state index in [0.29, 0.717) is 42.7 Å². The molecule has 2 bridgehead atoms. The highest BCUT2D eigenvalue weighted by Crippen LogP contribution is 2.31. The Balaban J connectivity index is 2.07. The standard InChI is InChI=1S/C28H37ClO9/c1-17(13-27(34)36-15-18(2)19(3)30)12-24(32)28-25-14-23(37-28)10-9-22(29)7-5-6-21(16-35-20(4)31)8-11-26(33)38-25/h6-7,12,23-25,28,32H,2,5,8-11,13-16H2,1,3-4H3. The van der Waals surface area contributed by atoms with E-state index in [0.717, 1.165) is 5.57 Å². The Morgan fingerprint density at radius 1 is 1.18 bits per heavy atom. The predicted octanol–water partition coefficient (Wildman–Crippen LogP) is 4.02. The maximum atomic E-state index is 12.7. The zero-order valence-corrected chi connectivity index (χ0v) is 23.0. The highest BCUT2D eigenvalue weighted by molar-refractivity contribution is 6.29. The van der Waals surface area contributed by atoms with Crippen molar-refractivity contribution in [2.45, 2.75) is 90.1 Å². The number of hydrogen-bond acceptors (Lipinski definition) is 9. The zero-order chi connectivity index (χ0) is 28.2. The fourth-order valence-corrected chi connectivity index (χ4v) is 4.22. The highest BCUT2D eigenvalue weighted by Gasteiger charge is 2.41. The number of rotatable bonds is 9. The van der Waals surface area contributed by atoms with Crippen molar-refractivity contribution in [3.05, 3.63) is 46.6 Å². The number of aliphatic hydroxyl groups excluding tert-OH is 1. The summed E-state index contributed by atoms with van der Waals surface area (Å²) in [5.74, 6) is -1.69. The van der Waals surface area contributed by atoms with Crippen LogP contribution in [0.5, 0.6) is 0 Å². The minimum absolute atomic E-state index is 0.0702. The third-order valence-electron chi connectivity index (χ3n) is 6.18. The number of Topliss-reactive ketones (excluding diaryl/α,β-unsaturated/α-hetero) is 1. The summed E-state index contributed by atoms with van der Waals surface area (Å²) in [4.78, 5) is 47.2. The number of allylic oxidation sites excluding steroid dienone is 3. The maximum Gasteiger partial charge on any atom is 0.310 e. The van der Waals surface area contributed by atoms with Crippen molar-refractivity contribution in [2.75, 3.05) is 13.2 Å². The Labute approximate surface area is 228 Å². The SMILES string of the molecule is C=C(COC(=O)CC(C)=CC(O)C1OC2CCC(Cl)=CCC=C(COC(C)=O)CCC(=O)OC1C2)C(C)=O. The second-order valence-electron chi connectivity index (χ2n) is 9.56. The number of halogens is 1. The van der Waals surface area contributed by atoms with Crippen LogP contribution in [0.25, 0.3) is 0 Å². The van der Waals surface area contributed by atoms with Gasteiger partial charge in [0, 0.05) is 30.4 Å². The molecule has 0 aromatic heterocycles. The zero-order valence-electron chi connectivity index (χ0n) is 22.2. The van der Waals surface area contributed by atoms with Gasteiger partial charge in [0.15, 0.2) is 5.78 Å². The minimum Gasteiger partial charge on any atom is -0.461 e. The van der Waals surface area contributed by atoms with Gasteiger partial charge in [0.25, 0.3) is 0 Å². The van der Waals surface area contributed by atoms with Crippen LogP contribution in [0.15, 0.2) is 46.6 Å². The lowest BCUT2D eigenvalue weighted by atomic mass is 10.0. The van der Waals surface area contributed by atoms with Crippen molar-refractivity contribution in [1.29, 1.82) is 0 Å². The fourth-order valence-electron chi connectivity index (χ4n) is 4.03. The summed E-state index contributed by atoms with van der Waals surface area (Å²) < 4.78 is 21.9. The summed E-state index contributed by atoms with van der Waals surface area (Å²) in [5, 5.41) is 11.6. The molecule has 38 heavy (non-hydrogen) atoms. The first kappa shape index (κ1) is 31.5. The van der Waals surface area contributed by atoms with Gasteiger partial charge in [-0.3, -0.25) is 19.2 Å². The third kappa shape index (κ3) is 11.3. The molecule has 0 spiro atoms. The van der Waals surface area contributed by atoms with Crippen molar-refractivity contribution in [3.8, 4) is 0 Å². The Hall–Kier alpha value is -2.75. The van der Waals surface area contributed by atoms with Gasteiger partial charge in [0.2, 0.25) is 0 Å². The van der Waals surface area contributed by atoms with E-state index in [1.807, 2.05) is 12.2 Å². The van der Waals surface area contributed by atoms with Gasteiger partial charge in [-0.15, -0.1) is 0 Å². The molecule has 1 fully saturated rings. The lowest BCUT2D eigenvalue weighted by Gasteiger charge is -2.23. The summed E-state index contributed by atoms with van der Waals surface area (Å²) in [6.07, 6.45) is 4.69. The van der Waals surface area contributed by atoms with Gasteiger partial charge in [-0.25, -0.2) is 0 Å². The third-order valence-corrected chi connectivity index (χ3v) is 6.52. The first-order valence-corrected chi connectivity index (χ1v) is 13.0. The molecule has 1 N–H and O–H groups in total. The van der Waals surface area contributed by atoms with Gasteiger partial charge in [0.05, 0.1) is 12.5 Å². The van der Waals surface area contributed by atoms with Gasteiger partial charge < -0.3 is 24.1 Å². The number of hydrogen-bond donors (Lipinski definition) is 1. The number of aliphatic hydroxyl groups is 1. The Morgan fingerprint density at radius 2 is 1.92 bits per heavy atom. The lowest BCUT2D eigenvalue weighted by Crippen LogP contribution is -2.36. The summed E-state index contributed by atoms with van der Waals surface area (Å²) >= 11 is 6.38. The molecule has 0 radical (unpaired) electrons. The smallest absolute Gasteiger partial charge is 0.310 e. The van der Waals surface area contributed by atoms with Crippen LogP contribution in [0.4, 0.5) is 0 Å². The Morgan fingerprint density at radius 3 is 2.61 bits per heavy atom. The molecule has 0 aliphatic carbocycles. The van der Waals surface area contributed by atoms with Crippen LogP contribution in [0.3, 0.4) is 0 Å². The van der Waals surface area contributed by atoms with E-state index in [9.17, 15) is 24.3 Å².